The van der Waals surface area contributed by atoms with E-state index in [-0.39, 0.29) is 31.8 Å². The normalized spacial score (nSPS) is 14.8. The number of nitrogens with zero attached hydrogens (tertiary/aromatic N) is 5. The molecule has 4 heterocycles. The lowest BCUT2D eigenvalue weighted by atomic mass is 10.1. The summed E-state index contributed by atoms with van der Waals surface area (Å²) in [5, 5.41) is 12.5. The van der Waals surface area contributed by atoms with Crippen molar-refractivity contribution < 1.29 is 23.7 Å². The van der Waals surface area contributed by atoms with Crippen LogP contribution in [0.4, 0.5) is 5.82 Å². The van der Waals surface area contributed by atoms with Crippen molar-refractivity contribution in [2.75, 3.05) is 45.0 Å². The van der Waals surface area contributed by atoms with Crippen LogP contribution in [0.3, 0.4) is 0 Å². The van der Waals surface area contributed by atoms with Crippen molar-refractivity contribution in [2.24, 2.45) is 11.7 Å². The number of ether oxygens (including phenoxy) is 4. The number of nitrogens with two attached hydrogens (primary N) is 1. The molecule has 0 radical (unpaired) electrons. The van der Waals surface area contributed by atoms with E-state index in [1.165, 1.54) is 6.20 Å². The van der Waals surface area contributed by atoms with Crippen LogP contribution >= 0.6 is 0 Å². The molecule has 1 fully saturated rings. The van der Waals surface area contributed by atoms with Crippen molar-refractivity contribution in [3.8, 4) is 17.6 Å². The Morgan fingerprint density at radius 1 is 1.24 bits per heavy atom. The van der Waals surface area contributed by atoms with Gasteiger partial charge in [-0.3, -0.25) is 9.36 Å². The molecule has 1 atom stereocenters. The van der Waals surface area contributed by atoms with E-state index < -0.39 is 12.0 Å². The number of esters is 1. The van der Waals surface area contributed by atoms with Crippen LogP contribution in [0.1, 0.15) is 32.3 Å². The summed E-state index contributed by atoms with van der Waals surface area (Å²) >= 11 is 0. The van der Waals surface area contributed by atoms with Gasteiger partial charge in [0, 0.05) is 31.5 Å². The average Bonchev–Trinajstić information content (AvgIpc) is 3.35. The Hall–Kier alpha value is -3.79. The second-order valence-electron chi connectivity index (χ2n) is 9.24. The summed E-state index contributed by atoms with van der Waals surface area (Å²) in [5.74, 6) is 1.33. The van der Waals surface area contributed by atoms with Crippen LogP contribution in [-0.4, -0.2) is 77.2 Å². The number of hydrogen-bond acceptors (Lipinski definition) is 11. The molecule has 3 aromatic rings. The molecule has 12 heteroatoms. The minimum Gasteiger partial charge on any atom is -0.487 e. The molecular weight excluding hydrogens is 490 g/mol. The van der Waals surface area contributed by atoms with Gasteiger partial charge in [0.15, 0.2) is 17.2 Å². The van der Waals surface area contributed by atoms with Gasteiger partial charge in [0.25, 0.3) is 0 Å². The number of rotatable bonds is 12. The lowest BCUT2D eigenvalue weighted by Gasteiger charge is -2.24. The number of fused-ring (bicyclic) bond motifs is 1. The van der Waals surface area contributed by atoms with Crippen LogP contribution in [0.5, 0.6) is 5.75 Å². The summed E-state index contributed by atoms with van der Waals surface area (Å²) in [5.41, 5.74) is 7.50. The Labute approximate surface area is 221 Å². The van der Waals surface area contributed by atoms with E-state index in [1.807, 2.05) is 19.9 Å². The van der Waals surface area contributed by atoms with Gasteiger partial charge in [0.05, 0.1) is 18.8 Å². The Kier molecular flexibility index (Phi) is 9.42. The first kappa shape index (κ1) is 27.3. The standard InChI is InChI=1S/C26H33N7O5/c1-17(2)23(28)26(34)38-12-10-36-9-11-37-21-13-20-25(32-24(21)31-19-5-7-35-8-6-19)33(16-30-20)22-4-3-18(14-27)15-29-22/h3-4,13,15-17,19,23H,5-12,28H2,1-2H3,(H,31,32). The van der Waals surface area contributed by atoms with Crippen LogP contribution < -0.4 is 15.8 Å². The SMILES string of the molecule is CC(C)C(N)C(=O)OCCOCCOc1cc2ncn(-c3ccc(C#N)cn3)c2nc1NC1CCOCC1. The molecule has 12 nitrogen and oxygen atoms in total. The van der Waals surface area contributed by atoms with Gasteiger partial charge in [-0.15, -0.1) is 0 Å². The summed E-state index contributed by atoms with van der Waals surface area (Å²) in [6, 6.07) is 6.91. The number of carbonyl (C=O) groups is 1. The highest BCUT2D eigenvalue weighted by Crippen LogP contribution is 2.29. The Bertz CT molecular complexity index is 1250. The molecule has 1 aliphatic heterocycles. The van der Waals surface area contributed by atoms with Gasteiger partial charge in [-0.1, -0.05) is 13.8 Å². The van der Waals surface area contributed by atoms with E-state index in [0.29, 0.717) is 53.9 Å². The zero-order chi connectivity index (χ0) is 26.9. The number of anilines is 1. The maximum Gasteiger partial charge on any atom is 0.323 e. The van der Waals surface area contributed by atoms with Crippen molar-refractivity contribution >= 4 is 23.0 Å². The van der Waals surface area contributed by atoms with Gasteiger partial charge < -0.3 is 30.0 Å². The summed E-state index contributed by atoms with van der Waals surface area (Å²) in [6.45, 7) is 6.04. The lowest BCUT2D eigenvalue weighted by molar-refractivity contribution is -0.147. The third-order valence-electron chi connectivity index (χ3n) is 6.12. The number of nitriles is 1. The van der Waals surface area contributed by atoms with Gasteiger partial charge in [0.1, 0.15) is 43.0 Å². The minimum atomic E-state index is -0.640. The molecule has 1 unspecified atom stereocenters. The van der Waals surface area contributed by atoms with Gasteiger partial charge in [-0.25, -0.2) is 15.0 Å². The summed E-state index contributed by atoms with van der Waals surface area (Å²) in [7, 11) is 0. The first-order chi connectivity index (χ1) is 18.5. The van der Waals surface area contributed by atoms with Crippen molar-refractivity contribution in [1.82, 2.24) is 19.5 Å². The van der Waals surface area contributed by atoms with E-state index in [0.717, 1.165) is 12.8 Å². The van der Waals surface area contributed by atoms with E-state index in [1.54, 1.807) is 23.0 Å². The van der Waals surface area contributed by atoms with E-state index in [4.69, 9.17) is 34.9 Å². The zero-order valence-corrected chi connectivity index (χ0v) is 21.6. The monoisotopic (exact) mass is 523 g/mol. The molecule has 0 spiro atoms. The molecule has 1 aliphatic rings. The quantitative estimate of drug-likeness (QED) is 0.265. The second kappa shape index (κ2) is 13.1. The number of nitrogens with one attached hydrogen (secondary N) is 1. The zero-order valence-electron chi connectivity index (χ0n) is 21.6. The van der Waals surface area contributed by atoms with E-state index >= 15 is 0 Å². The van der Waals surface area contributed by atoms with Gasteiger partial charge >= 0.3 is 5.97 Å². The van der Waals surface area contributed by atoms with Gasteiger partial charge in [0.2, 0.25) is 0 Å². The summed E-state index contributed by atoms with van der Waals surface area (Å²) in [6.07, 6.45) is 4.87. The van der Waals surface area contributed by atoms with Crippen LogP contribution in [-0.2, 0) is 19.0 Å². The molecule has 3 N–H and O–H groups in total. The molecule has 3 aromatic heterocycles. The molecule has 0 aromatic carbocycles. The van der Waals surface area contributed by atoms with E-state index in [2.05, 4.69) is 21.4 Å². The topological polar surface area (TPSA) is 159 Å². The number of pyridine rings is 2. The van der Waals surface area contributed by atoms with E-state index in [9.17, 15) is 4.79 Å². The Morgan fingerprint density at radius 3 is 2.74 bits per heavy atom. The minimum absolute atomic E-state index is 0.0125. The molecular formula is C26H33N7O5. The summed E-state index contributed by atoms with van der Waals surface area (Å²) in [4.78, 5) is 25.5. The van der Waals surface area contributed by atoms with Crippen LogP contribution in [0.25, 0.3) is 17.0 Å². The van der Waals surface area contributed by atoms with Crippen molar-refractivity contribution in [2.45, 2.75) is 38.8 Å². The molecule has 202 valence electrons. The largest absolute Gasteiger partial charge is 0.487 e. The van der Waals surface area contributed by atoms with Crippen LogP contribution in [0.15, 0.2) is 30.7 Å². The maximum absolute atomic E-state index is 11.8. The smallest absolute Gasteiger partial charge is 0.323 e. The first-order valence-corrected chi connectivity index (χ1v) is 12.7. The second-order valence-corrected chi connectivity index (χ2v) is 9.24. The van der Waals surface area contributed by atoms with Crippen LogP contribution in [0.2, 0.25) is 0 Å². The Morgan fingerprint density at radius 2 is 2.03 bits per heavy atom. The van der Waals surface area contributed by atoms with Gasteiger partial charge in [-0.2, -0.15) is 5.26 Å². The highest BCUT2D eigenvalue weighted by molar-refractivity contribution is 5.78. The molecule has 1 saturated heterocycles. The predicted molar refractivity (Wildman–Crippen MR) is 139 cm³/mol. The number of hydrogen-bond donors (Lipinski definition) is 2. The average molecular weight is 524 g/mol. The molecule has 4 rings (SSSR count). The fraction of sp³-hybridized carbons (Fsp3) is 0.500. The summed E-state index contributed by atoms with van der Waals surface area (Å²) < 4.78 is 24.0. The first-order valence-electron chi connectivity index (χ1n) is 12.7. The number of carbonyl (C=O) groups excluding carboxylic acids is 1. The van der Waals surface area contributed by atoms with Gasteiger partial charge in [-0.05, 0) is 30.9 Å². The van der Waals surface area contributed by atoms with Crippen LogP contribution in [0, 0.1) is 17.2 Å². The number of imidazole rings is 1. The lowest BCUT2D eigenvalue weighted by Crippen LogP contribution is -2.37. The molecule has 0 aliphatic carbocycles. The Balaban J connectivity index is 1.41. The third kappa shape index (κ3) is 6.95. The maximum atomic E-state index is 11.8. The van der Waals surface area contributed by atoms with Crippen molar-refractivity contribution in [3.05, 3.63) is 36.3 Å². The van der Waals surface area contributed by atoms with Crippen molar-refractivity contribution in [3.63, 3.8) is 0 Å². The number of aromatic nitrogens is 4. The predicted octanol–water partition coefficient (Wildman–Crippen LogP) is 2.20. The highest BCUT2D eigenvalue weighted by atomic mass is 16.6. The van der Waals surface area contributed by atoms with Crippen molar-refractivity contribution in [1.29, 1.82) is 5.26 Å². The highest BCUT2D eigenvalue weighted by Gasteiger charge is 2.20. The molecule has 0 saturated carbocycles. The fourth-order valence-corrected chi connectivity index (χ4v) is 3.82. The third-order valence-corrected chi connectivity index (χ3v) is 6.12. The molecule has 0 amide bonds. The fourth-order valence-electron chi connectivity index (χ4n) is 3.82. The molecule has 38 heavy (non-hydrogen) atoms. The molecule has 0 bridgehead atoms.